The van der Waals surface area contributed by atoms with Gasteiger partial charge >= 0.3 is 0 Å². The van der Waals surface area contributed by atoms with Gasteiger partial charge in [-0.2, -0.15) is 0 Å². The van der Waals surface area contributed by atoms with Crippen LogP contribution in [-0.4, -0.2) is 22.2 Å². The zero-order valence-corrected chi connectivity index (χ0v) is 7.44. The van der Waals surface area contributed by atoms with Gasteiger partial charge in [0.1, 0.15) is 5.52 Å². The van der Waals surface area contributed by atoms with E-state index in [9.17, 15) is 9.90 Å². The third kappa shape index (κ3) is 1.10. The van der Waals surface area contributed by atoms with E-state index in [1.165, 1.54) is 25.6 Å². The summed E-state index contributed by atoms with van der Waals surface area (Å²) in [5, 5.41) is 9.81. The molecule has 0 amide bonds. The first kappa shape index (κ1) is 8.55. The summed E-state index contributed by atoms with van der Waals surface area (Å²) in [5.74, 6) is 0.187. The number of hydrogen-bond donors (Lipinski definition) is 2. The smallest absolute Gasteiger partial charge is 0.258 e. The SMILES string of the molecule is COc1c(O)ccc2c(=O)[nH]cnc12. The van der Waals surface area contributed by atoms with Crippen LogP contribution in [0.25, 0.3) is 10.9 Å². The van der Waals surface area contributed by atoms with Crippen LogP contribution in [0.4, 0.5) is 0 Å². The molecule has 5 nitrogen and oxygen atoms in total. The van der Waals surface area contributed by atoms with Gasteiger partial charge in [0.05, 0.1) is 18.8 Å². The van der Waals surface area contributed by atoms with E-state index >= 15 is 0 Å². The predicted molar refractivity (Wildman–Crippen MR) is 50.6 cm³/mol. The number of ether oxygens (including phenoxy) is 1. The van der Waals surface area contributed by atoms with E-state index in [1.807, 2.05) is 0 Å². The minimum absolute atomic E-state index is 0.0295. The zero-order chi connectivity index (χ0) is 10.1. The van der Waals surface area contributed by atoms with Crippen LogP contribution in [0.1, 0.15) is 0 Å². The zero-order valence-electron chi connectivity index (χ0n) is 7.44. The number of nitrogens with zero attached hydrogens (tertiary/aromatic N) is 1. The Bertz CT molecular complexity index is 533. The van der Waals surface area contributed by atoms with Crippen molar-refractivity contribution in [3.05, 3.63) is 28.8 Å². The maximum atomic E-state index is 11.3. The molecular weight excluding hydrogens is 184 g/mol. The van der Waals surface area contributed by atoms with Gasteiger partial charge in [-0.15, -0.1) is 0 Å². The van der Waals surface area contributed by atoms with Crippen molar-refractivity contribution in [1.29, 1.82) is 0 Å². The fraction of sp³-hybridized carbons (Fsp3) is 0.111. The third-order valence-electron chi connectivity index (χ3n) is 1.95. The molecule has 0 spiro atoms. The van der Waals surface area contributed by atoms with E-state index in [0.717, 1.165) is 0 Å². The van der Waals surface area contributed by atoms with E-state index in [4.69, 9.17) is 4.74 Å². The van der Waals surface area contributed by atoms with Crippen molar-refractivity contribution < 1.29 is 9.84 Å². The van der Waals surface area contributed by atoms with E-state index in [1.54, 1.807) is 0 Å². The molecule has 0 atom stereocenters. The number of nitrogens with one attached hydrogen (secondary N) is 1. The van der Waals surface area contributed by atoms with Gasteiger partial charge in [-0.3, -0.25) is 4.79 Å². The van der Waals surface area contributed by atoms with Crippen LogP contribution >= 0.6 is 0 Å². The second-order valence-electron chi connectivity index (χ2n) is 2.75. The van der Waals surface area contributed by atoms with Crippen LogP contribution in [0.2, 0.25) is 0 Å². The number of aromatic hydroxyl groups is 1. The van der Waals surface area contributed by atoms with E-state index < -0.39 is 0 Å². The summed E-state index contributed by atoms with van der Waals surface area (Å²) >= 11 is 0. The molecule has 1 aromatic heterocycles. The van der Waals surface area contributed by atoms with Crippen LogP contribution in [0.5, 0.6) is 11.5 Å². The van der Waals surface area contributed by atoms with Crippen LogP contribution in [-0.2, 0) is 0 Å². The Kier molecular flexibility index (Phi) is 1.85. The van der Waals surface area contributed by atoms with Gasteiger partial charge in [0.15, 0.2) is 11.5 Å². The summed E-state index contributed by atoms with van der Waals surface area (Å²) in [7, 11) is 1.41. The van der Waals surface area contributed by atoms with Crippen LogP contribution < -0.4 is 10.3 Å². The monoisotopic (exact) mass is 192 g/mol. The molecule has 5 heteroatoms. The van der Waals surface area contributed by atoms with Crippen molar-refractivity contribution in [2.24, 2.45) is 0 Å². The van der Waals surface area contributed by atoms with Crippen molar-refractivity contribution in [2.45, 2.75) is 0 Å². The fourth-order valence-corrected chi connectivity index (χ4v) is 1.31. The van der Waals surface area contributed by atoms with E-state index in [2.05, 4.69) is 9.97 Å². The first-order valence-electron chi connectivity index (χ1n) is 3.97. The lowest BCUT2D eigenvalue weighted by molar-refractivity contribution is 0.377. The third-order valence-corrected chi connectivity index (χ3v) is 1.95. The molecule has 0 aliphatic heterocycles. The van der Waals surface area contributed by atoms with E-state index in [-0.39, 0.29) is 17.1 Å². The second kappa shape index (κ2) is 3.02. The van der Waals surface area contributed by atoms with Gasteiger partial charge in [-0.25, -0.2) is 4.98 Å². The van der Waals surface area contributed by atoms with Gasteiger partial charge in [0.25, 0.3) is 5.56 Å². The Morgan fingerprint density at radius 2 is 2.29 bits per heavy atom. The minimum atomic E-state index is -0.256. The summed E-state index contributed by atoms with van der Waals surface area (Å²) in [6.07, 6.45) is 1.27. The molecule has 0 fully saturated rings. The minimum Gasteiger partial charge on any atom is -0.504 e. The van der Waals surface area contributed by atoms with E-state index in [0.29, 0.717) is 10.9 Å². The van der Waals surface area contributed by atoms with Crippen molar-refractivity contribution >= 4 is 10.9 Å². The molecule has 1 aromatic carbocycles. The van der Waals surface area contributed by atoms with Crippen LogP contribution in [0.15, 0.2) is 23.3 Å². The maximum Gasteiger partial charge on any atom is 0.258 e. The number of rotatable bonds is 1. The molecule has 0 unspecified atom stereocenters. The largest absolute Gasteiger partial charge is 0.504 e. The van der Waals surface area contributed by atoms with Gasteiger partial charge < -0.3 is 14.8 Å². The number of hydrogen-bond acceptors (Lipinski definition) is 4. The highest BCUT2D eigenvalue weighted by Gasteiger charge is 2.09. The second-order valence-corrected chi connectivity index (χ2v) is 2.75. The van der Waals surface area contributed by atoms with Gasteiger partial charge in [-0.1, -0.05) is 0 Å². The number of benzene rings is 1. The van der Waals surface area contributed by atoms with Crippen molar-refractivity contribution in [3.8, 4) is 11.5 Å². The summed E-state index contributed by atoms with van der Waals surface area (Å²) in [6.45, 7) is 0. The van der Waals surface area contributed by atoms with Crippen LogP contribution in [0.3, 0.4) is 0 Å². The normalized spacial score (nSPS) is 10.4. The molecule has 2 aromatic rings. The number of phenols is 1. The number of fused-ring (bicyclic) bond motifs is 1. The molecule has 0 radical (unpaired) electrons. The fourth-order valence-electron chi connectivity index (χ4n) is 1.31. The highest BCUT2D eigenvalue weighted by atomic mass is 16.5. The molecule has 0 aliphatic rings. The average molecular weight is 192 g/mol. The summed E-state index contributed by atoms with van der Waals surface area (Å²) in [5.41, 5.74) is 0.101. The molecule has 72 valence electrons. The summed E-state index contributed by atoms with van der Waals surface area (Å²) in [6, 6.07) is 2.90. The topological polar surface area (TPSA) is 75.2 Å². The van der Waals surface area contributed by atoms with Crippen molar-refractivity contribution in [2.75, 3.05) is 7.11 Å². The lowest BCUT2D eigenvalue weighted by Crippen LogP contribution is -2.06. The summed E-state index contributed by atoms with van der Waals surface area (Å²) < 4.78 is 4.95. The lowest BCUT2D eigenvalue weighted by atomic mass is 10.2. The molecule has 2 N–H and O–H groups in total. The first-order valence-corrected chi connectivity index (χ1v) is 3.97. The number of aromatic nitrogens is 2. The molecule has 0 aliphatic carbocycles. The highest BCUT2D eigenvalue weighted by Crippen LogP contribution is 2.31. The molecule has 1 heterocycles. The molecule has 0 bridgehead atoms. The first-order chi connectivity index (χ1) is 6.74. The molecule has 0 saturated heterocycles. The molecular formula is C9H8N2O3. The standard InChI is InChI=1S/C9H8N2O3/c1-14-8-6(12)3-2-5-7(8)10-4-11-9(5)13/h2-4,12H,1H3,(H,10,11,13). The Labute approximate surface area is 79.0 Å². The summed E-state index contributed by atoms with van der Waals surface area (Å²) in [4.78, 5) is 17.7. The molecule has 0 saturated carbocycles. The predicted octanol–water partition coefficient (Wildman–Crippen LogP) is 0.637. The maximum absolute atomic E-state index is 11.3. The molecule has 14 heavy (non-hydrogen) atoms. The lowest BCUT2D eigenvalue weighted by Gasteiger charge is -2.05. The number of phenolic OH excluding ortho intramolecular Hbond substituents is 1. The van der Waals surface area contributed by atoms with Gasteiger partial charge in [-0.05, 0) is 12.1 Å². The Morgan fingerprint density at radius 3 is 3.00 bits per heavy atom. The van der Waals surface area contributed by atoms with Crippen LogP contribution in [0, 0.1) is 0 Å². The number of methoxy groups -OCH3 is 1. The van der Waals surface area contributed by atoms with Gasteiger partial charge in [0.2, 0.25) is 0 Å². The van der Waals surface area contributed by atoms with Gasteiger partial charge in [0, 0.05) is 0 Å². The average Bonchev–Trinajstić information content (AvgIpc) is 2.18. The number of aromatic amines is 1. The Balaban J connectivity index is 2.95. The Hall–Kier alpha value is -2.04. The molecule has 2 rings (SSSR count). The Morgan fingerprint density at radius 1 is 1.50 bits per heavy atom. The van der Waals surface area contributed by atoms with Crippen molar-refractivity contribution in [3.63, 3.8) is 0 Å². The van der Waals surface area contributed by atoms with Crippen molar-refractivity contribution in [1.82, 2.24) is 9.97 Å². The number of H-pyrrole nitrogens is 1. The quantitative estimate of drug-likeness (QED) is 0.695. The highest BCUT2D eigenvalue weighted by molar-refractivity contribution is 5.85.